The van der Waals surface area contributed by atoms with Crippen LogP contribution in [0.3, 0.4) is 0 Å². The molecule has 1 heterocycles. The molecule has 2 atom stereocenters. The fourth-order valence-corrected chi connectivity index (χ4v) is 1.14. The summed E-state index contributed by atoms with van der Waals surface area (Å²) < 4.78 is 5.21. The van der Waals surface area contributed by atoms with Gasteiger partial charge in [-0.15, -0.1) is 0 Å². The summed E-state index contributed by atoms with van der Waals surface area (Å²) in [5.74, 6) is 0.435. The summed E-state index contributed by atoms with van der Waals surface area (Å²) in [4.78, 5) is 0. The molecule has 0 saturated carbocycles. The summed E-state index contributed by atoms with van der Waals surface area (Å²) in [6.07, 6.45) is 2.62. The number of hydrogen-bond donors (Lipinski definition) is 1. The van der Waals surface area contributed by atoms with Crippen LogP contribution in [0.1, 0.15) is 19.8 Å². The third kappa shape index (κ3) is 1.43. The summed E-state index contributed by atoms with van der Waals surface area (Å²) >= 11 is 0. The predicted molar refractivity (Wildman–Crippen MR) is 35.2 cm³/mol. The molecule has 0 aliphatic carbocycles. The third-order valence-electron chi connectivity index (χ3n) is 1.86. The van der Waals surface area contributed by atoms with Gasteiger partial charge in [-0.1, -0.05) is 13.3 Å². The predicted octanol–water partition coefficient (Wildman–Crippen LogP) is 0.794. The summed E-state index contributed by atoms with van der Waals surface area (Å²) in [6, 6.07) is 0. The van der Waals surface area contributed by atoms with Gasteiger partial charge in [0.05, 0.1) is 19.3 Å². The molecule has 2 nitrogen and oxygen atoms in total. The molecule has 2 unspecified atom stereocenters. The molecule has 1 rings (SSSR count). The number of aliphatic hydroxyl groups excluding tert-OH is 1. The van der Waals surface area contributed by atoms with Crippen molar-refractivity contribution in [3.8, 4) is 0 Å². The second-order valence-corrected chi connectivity index (χ2v) is 2.60. The van der Waals surface area contributed by atoms with Gasteiger partial charge < -0.3 is 9.84 Å². The maximum atomic E-state index is 8.70. The minimum Gasteiger partial charge on any atom is -0.396 e. The zero-order chi connectivity index (χ0) is 6.69. The highest BCUT2D eigenvalue weighted by Crippen LogP contribution is 2.23. The molecule has 1 fully saturated rings. The molecule has 1 N–H and O–H groups in total. The fourth-order valence-electron chi connectivity index (χ4n) is 1.14. The third-order valence-corrected chi connectivity index (χ3v) is 1.86. The fraction of sp³-hybridized carbons (Fsp3) is 1.00. The minimum absolute atomic E-state index is 0.296. The number of rotatable bonds is 3. The minimum atomic E-state index is 0.296. The first kappa shape index (κ1) is 7.03. The van der Waals surface area contributed by atoms with Crippen molar-refractivity contribution in [1.82, 2.24) is 0 Å². The smallest absolute Gasteiger partial charge is 0.0647 e. The highest BCUT2D eigenvalue weighted by Gasteiger charge is 2.29. The van der Waals surface area contributed by atoms with Gasteiger partial charge in [-0.05, 0) is 6.42 Å². The topological polar surface area (TPSA) is 29.5 Å². The molecular weight excluding hydrogens is 116 g/mol. The van der Waals surface area contributed by atoms with E-state index in [1.54, 1.807) is 0 Å². The van der Waals surface area contributed by atoms with Crippen molar-refractivity contribution in [2.45, 2.75) is 25.9 Å². The van der Waals surface area contributed by atoms with E-state index in [9.17, 15) is 0 Å². The average Bonchev–Trinajstić information content (AvgIpc) is 1.82. The van der Waals surface area contributed by atoms with Gasteiger partial charge >= 0.3 is 0 Å². The van der Waals surface area contributed by atoms with E-state index in [0.29, 0.717) is 18.6 Å². The van der Waals surface area contributed by atoms with Crippen molar-refractivity contribution in [2.24, 2.45) is 5.92 Å². The number of ether oxygens (including phenoxy) is 1. The maximum Gasteiger partial charge on any atom is 0.0647 e. The largest absolute Gasteiger partial charge is 0.396 e. The SMILES string of the molecule is CCCC1OCC1CO. The molecule has 0 aromatic rings. The highest BCUT2D eigenvalue weighted by atomic mass is 16.5. The Labute approximate surface area is 55.8 Å². The van der Waals surface area contributed by atoms with Gasteiger partial charge in [-0.3, -0.25) is 0 Å². The Bertz CT molecular complexity index is 81.0. The molecule has 0 aromatic heterocycles. The van der Waals surface area contributed by atoms with Crippen molar-refractivity contribution >= 4 is 0 Å². The maximum absolute atomic E-state index is 8.70. The molecule has 1 saturated heterocycles. The molecule has 0 radical (unpaired) electrons. The first-order valence-electron chi connectivity index (χ1n) is 3.61. The van der Waals surface area contributed by atoms with Crippen molar-refractivity contribution < 1.29 is 9.84 Å². The van der Waals surface area contributed by atoms with Crippen LogP contribution in [0.5, 0.6) is 0 Å². The molecular formula is C7H14O2. The Balaban J connectivity index is 2.11. The first-order valence-corrected chi connectivity index (χ1v) is 3.61. The Hall–Kier alpha value is -0.0800. The number of hydrogen-bond acceptors (Lipinski definition) is 2. The van der Waals surface area contributed by atoms with Crippen LogP contribution in [-0.4, -0.2) is 24.4 Å². The van der Waals surface area contributed by atoms with Gasteiger partial charge in [0.1, 0.15) is 0 Å². The summed E-state index contributed by atoms with van der Waals surface area (Å²) in [5.41, 5.74) is 0. The van der Waals surface area contributed by atoms with E-state index in [2.05, 4.69) is 6.92 Å². The lowest BCUT2D eigenvalue weighted by molar-refractivity contribution is -0.133. The molecule has 0 bridgehead atoms. The van der Waals surface area contributed by atoms with Gasteiger partial charge in [0.15, 0.2) is 0 Å². The van der Waals surface area contributed by atoms with Crippen LogP contribution < -0.4 is 0 Å². The van der Waals surface area contributed by atoms with Crippen LogP contribution in [0.15, 0.2) is 0 Å². The zero-order valence-corrected chi connectivity index (χ0v) is 5.84. The Morgan fingerprint density at radius 3 is 2.78 bits per heavy atom. The van der Waals surface area contributed by atoms with Gasteiger partial charge in [0, 0.05) is 5.92 Å². The quantitative estimate of drug-likeness (QED) is 0.612. The first-order chi connectivity index (χ1) is 4.38. The van der Waals surface area contributed by atoms with E-state index in [1.165, 1.54) is 0 Å². The highest BCUT2D eigenvalue weighted by molar-refractivity contribution is 4.77. The number of aliphatic hydroxyl groups is 1. The standard InChI is InChI=1S/C7H14O2/c1-2-3-7-6(4-8)5-9-7/h6-8H,2-5H2,1H3. The normalized spacial score (nSPS) is 34.0. The van der Waals surface area contributed by atoms with E-state index in [0.717, 1.165) is 19.4 Å². The average molecular weight is 130 g/mol. The van der Waals surface area contributed by atoms with Gasteiger partial charge in [0.25, 0.3) is 0 Å². The van der Waals surface area contributed by atoms with E-state index in [1.807, 2.05) is 0 Å². The van der Waals surface area contributed by atoms with Gasteiger partial charge in [-0.25, -0.2) is 0 Å². The lowest BCUT2D eigenvalue weighted by Gasteiger charge is -2.35. The van der Waals surface area contributed by atoms with E-state index < -0.39 is 0 Å². The summed E-state index contributed by atoms with van der Waals surface area (Å²) in [5, 5.41) is 8.70. The van der Waals surface area contributed by atoms with Crippen LogP contribution in [0.2, 0.25) is 0 Å². The lowest BCUT2D eigenvalue weighted by Crippen LogP contribution is -2.41. The Morgan fingerprint density at radius 2 is 2.44 bits per heavy atom. The van der Waals surface area contributed by atoms with Crippen LogP contribution in [0.4, 0.5) is 0 Å². The van der Waals surface area contributed by atoms with Crippen LogP contribution >= 0.6 is 0 Å². The molecule has 9 heavy (non-hydrogen) atoms. The van der Waals surface area contributed by atoms with E-state index in [4.69, 9.17) is 9.84 Å². The molecule has 0 spiro atoms. The monoisotopic (exact) mass is 130 g/mol. The second-order valence-electron chi connectivity index (χ2n) is 2.60. The second kappa shape index (κ2) is 3.18. The molecule has 54 valence electrons. The van der Waals surface area contributed by atoms with Crippen molar-refractivity contribution in [2.75, 3.05) is 13.2 Å². The van der Waals surface area contributed by atoms with Gasteiger partial charge in [0.2, 0.25) is 0 Å². The summed E-state index contributed by atoms with van der Waals surface area (Å²) in [7, 11) is 0. The molecule has 0 amide bonds. The summed E-state index contributed by atoms with van der Waals surface area (Å²) in [6.45, 7) is 3.20. The zero-order valence-electron chi connectivity index (χ0n) is 5.84. The van der Waals surface area contributed by atoms with Crippen LogP contribution in [-0.2, 0) is 4.74 Å². The van der Waals surface area contributed by atoms with E-state index in [-0.39, 0.29) is 0 Å². The lowest BCUT2D eigenvalue weighted by atomic mass is 9.95. The van der Waals surface area contributed by atoms with Crippen molar-refractivity contribution in [3.63, 3.8) is 0 Å². The molecule has 1 aliphatic heterocycles. The van der Waals surface area contributed by atoms with Crippen LogP contribution in [0, 0.1) is 5.92 Å². The van der Waals surface area contributed by atoms with E-state index >= 15 is 0 Å². The van der Waals surface area contributed by atoms with Crippen LogP contribution in [0.25, 0.3) is 0 Å². The van der Waals surface area contributed by atoms with Crippen molar-refractivity contribution in [3.05, 3.63) is 0 Å². The van der Waals surface area contributed by atoms with Gasteiger partial charge in [-0.2, -0.15) is 0 Å². The molecule has 0 aromatic carbocycles. The Morgan fingerprint density at radius 1 is 1.67 bits per heavy atom. The van der Waals surface area contributed by atoms with Crippen molar-refractivity contribution in [1.29, 1.82) is 0 Å². The molecule has 2 heteroatoms. The molecule has 1 aliphatic rings. The Kier molecular flexibility index (Phi) is 2.49.